The number of anilines is 2. The highest BCUT2D eigenvalue weighted by Gasteiger charge is 2.19. The molecule has 0 radical (unpaired) electrons. The van der Waals surface area contributed by atoms with Gasteiger partial charge >= 0.3 is 0 Å². The van der Waals surface area contributed by atoms with Crippen LogP contribution in [0.3, 0.4) is 0 Å². The van der Waals surface area contributed by atoms with Gasteiger partial charge in [0.15, 0.2) is 0 Å². The molecule has 1 amide bonds. The van der Waals surface area contributed by atoms with E-state index >= 15 is 0 Å². The molecular weight excluding hydrogens is 248 g/mol. The van der Waals surface area contributed by atoms with Crippen LogP contribution in [0.4, 0.5) is 11.4 Å². The molecule has 0 bridgehead atoms. The normalized spacial score (nSPS) is 13.2. The van der Waals surface area contributed by atoms with Gasteiger partial charge in [-0.15, -0.1) is 0 Å². The molecule has 3 rings (SSSR count). The Morgan fingerprint density at radius 1 is 1.15 bits per heavy atom. The van der Waals surface area contributed by atoms with Crippen molar-refractivity contribution in [3.63, 3.8) is 0 Å². The number of carbonyl (C=O) groups excluding carboxylic acids is 1. The Balaban J connectivity index is 1.88. The fraction of sp³-hybridized carbons (Fsp3) is 0.235. The second-order valence-electron chi connectivity index (χ2n) is 5.21. The maximum atomic E-state index is 12.5. The second kappa shape index (κ2) is 5.00. The molecule has 0 N–H and O–H groups in total. The summed E-state index contributed by atoms with van der Waals surface area (Å²) >= 11 is 0. The Kier molecular flexibility index (Phi) is 3.18. The lowest BCUT2D eigenvalue weighted by molar-refractivity contribution is 0.0993. The van der Waals surface area contributed by atoms with Crippen molar-refractivity contribution in [1.82, 2.24) is 0 Å². The van der Waals surface area contributed by atoms with Gasteiger partial charge in [-0.1, -0.05) is 18.2 Å². The van der Waals surface area contributed by atoms with Crippen LogP contribution in [0.2, 0.25) is 0 Å². The molecule has 0 fully saturated rings. The van der Waals surface area contributed by atoms with E-state index in [0.29, 0.717) is 0 Å². The van der Waals surface area contributed by atoms with Gasteiger partial charge in [0.1, 0.15) is 0 Å². The van der Waals surface area contributed by atoms with Crippen LogP contribution in [0.25, 0.3) is 0 Å². The summed E-state index contributed by atoms with van der Waals surface area (Å²) in [6.45, 7) is 1.03. The molecule has 0 aliphatic carbocycles. The fourth-order valence-corrected chi connectivity index (χ4v) is 2.66. The van der Waals surface area contributed by atoms with Gasteiger partial charge in [0.2, 0.25) is 0 Å². The van der Waals surface area contributed by atoms with Gasteiger partial charge in [-0.25, -0.2) is 0 Å². The Labute approximate surface area is 119 Å². The number of amides is 1. The minimum absolute atomic E-state index is 0.0357. The van der Waals surface area contributed by atoms with E-state index in [1.807, 2.05) is 49.5 Å². The molecular formula is C17H18N2O. The van der Waals surface area contributed by atoms with Gasteiger partial charge in [0.05, 0.1) is 0 Å². The Morgan fingerprint density at radius 2 is 1.90 bits per heavy atom. The predicted octanol–water partition coefficient (Wildman–Crippen LogP) is 2.96. The van der Waals surface area contributed by atoms with Crippen LogP contribution >= 0.6 is 0 Å². The summed E-state index contributed by atoms with van der Waals surface area (Å²) < 4.78 is 0. The minimum Gasteiger partial charge on any atom is -0.374 e. The summed E-state index contributed by atoms with van der Waals surface area (Å²) in [7, 11) is 3.90. The van der Waals surface area contributed by atoms with Crippen molar-refractivity contribution >= 4 is 17.3 Å². The van der Waals surface area contributed by atoms with E-state index < -0.39 is 0 Å². The van der Waals surface area contributed by atoms with Crippen molar-refractivity contribution in [2.75, 3.05) is 30.4 Å². The molecule has 2 aromatic carbocycles. The first kappa shape index (κ1) is 12.7. The SMILES string of the molecule is CN1CCc2cc(C(=O)N(C)c3ccccc3)ccc21. The molecule has 0 spiro atoms. The Hall–Kier alpha value is -2.29. The highest BCUT2D eigenvalue weighted by atomic mass is 16.2. The Morgan fingerprint density at radius 3 is 2.65 bits per heavy atom. The highest BCUT2D eigenvalue weighted by Crippen LogP contribution is 2.28. The zero-order valence-electron chi connectivity index (χ0n) is 11.8. The molecule has 20 heavy (non-hydrogen) atoms. The van der Waals surface area contributed by atoms with Crippen molar-refractivity contribution in [1.29, 1.82) is 0 Å². The molecule has 1 aliphatic rings. The molecule has 1 aliphatic heterocycles. The topological polar surface area (TPSA) is 23.6 Å². The van der Waals surface area contributed by atoms with Gasteiger partial charge in [-0.2, -0.15) is 0 Å². The third kappa shape index (κ3) is 2.16. The Bertz CT molecular complexity index is 637. The van der Waals surface area contributed by atoms with Gasteiger partial charge < -0.3 is 9.80 Å². The van der Waals surface area contributed by atoms with E-state index in [2.05, 4.69) is 18.0 Å². The quantitative estimate of drug-likeness (QED) is 0.834. The van der Waals surface area contributed by atoms with E-state index in [-0.39, 0.29) is 5.91 Å². The van der Waals surface area contributed by atoms with Crippen LogP contribution in [-0.2, 0) is 6.42 Å². The first-order valence-electron chi connectivity index (χ1n) is 6.84. The monoisotopic (exact) mass is 266 g/mol. The van der Waals surface area contributed by atoms with Crippen molar-refractivity contribution in [2.45, 2.75) is 6.42 Å². The molecule has 0 saturated carbocycles. The first-order valence-corrected chi connectivity index (χ1v) is 6.84. The molecule has 0 unspecified atom stereocenters. The summed E-state index contributed by atoms with van der Waals surface area (Å²) in [5.41, 5.74) is 4.17. The summed E-state index contributed by atoms with van der Waals surface area (Å²) in [4.78, 5) is 16.5. The van der Waals surface area contributed by atoms with Crippen molar-refractivity contribution in [2.24, 2.45) is 0 Å². The minimum atomic E-state index is 0.0357. The standard InChI is InChI=1S/C17H18N2O/c1-18-11-10-13-12-14(8-9-16(13)18)17(20)19(2)15-6-4-3-5-7-15/h3-9,12H,10-11H2,1-2H3. The second-order valence-corrected chi connectivity index (χ2v) is 5.21. The van der Waals surface area contributed by atoms with Gasteiger partial charge in [0.25, 0.3) is 5.91 Å². The summed E-state index contributed by atoms with van der Waals surface area (Å²) in [6.07, 6.45) is 1.02. The zero-order chi connectivity index (χ0) is 14.1. The largest absolute Gasteiger partial charge is 0.374 e. The van der Waals surface area contributed by atoms with Gasteiger partial charge in [-0.3, -0.25) is 4.79 Å². The lowest BCUT2D eigenvalue weighted by Gasteiger charge is -2.18. The molecule has 102 valence electrons. The van der Waals surface area contributed by atoms with Crippen LogP contribution in [0, 0.1) is 0 Å². The summed E-state index contributed by atoms with van der Waals surface area (Å²) in [6, 6.07) is 15.7. The molecule has 0 aromatic heterocycles. The summed E-state index contributed by atoms with van der Waals surface area (Å²) in [5.74, 6) is 0.0357. The molecule has 0 atom stereocenters. The first-order chi connectivity index (χ1) is 9.66. The zero-order valence-corrected chi connectivity index (χ0v) is 11.8. The number of likely N-dealkylation sites (N-methyl/N-ethyl adjacent to an activating group) is 1. The average Bonchev–Trinajstić information content (AvgIpc) is 2.87. The smallest absolute Gasteiger partial charge is 0.258 e. The van der Waals surface area contributed by atoms with E-state index in [4.69, 9.17) is 0 Å². The highest BCUT2D eigenvalue weighted by molar-refractivity contribution is 6.06. The number of benzene rings is 2. The summed E-state index contributed by atoms with van der Waals surface area (Å²) in [5, 5.41) is 0. The maximum absolute atomic E-state index is 12.5. The molecule has 1 heterocycles. The van der Waals surface area contributed by atoms with Crippen molar-refractivity contribution in [3.05, 3.63) is 59.7 Å². The molecule has 2 aromatic rings. The number of hydrogen-bond donors (Lipinski definition) is 0. The molecule has 3 heteroatoms. The predicted molar refractivity (Wildman–Crippen MR) is 82.6 cm³/mol. The number of fused-ring (bicyclic) bond motifs is 1. The lowest BCUT2D eigenvalue weighted by Crippen LogP contribution is -2.26. The molecule has 0 saturated heterocycles. The van der Waals surface area contributed by atoms with Gasteiger partial charge in [0, 0.05) is 37.6 Å². The third-order valence-corrected chi connectivity index (χ3v) is 3.90. The van der Waals surface area contributed by atoms with Crippen LogP contribution < -0.4 is 9.80 Å². The van der Waals surface area contributed by atoms with Crippen LogP contribution in [0.1, 0.15) is 15.9 Å². The van der Waals surface area contributed by atoms with E-state index in [0.717, 1.165) is 24.2 Å². The maximum Gasteiger partial charge on any atom is 0.258 e. The number of hydrogen-bond acceptors (Lipinski definition) is 2. The third-order valence-electron chi connectivity index (χ3n) is 3.90. The number of carbonyl (C=O) groups is 1. The van der Waals surface area contributed by atoms with E-state index in [1.54, 1.807) is 4.90 Å². The van der Waals surface area contributed by atoms with Gasteiger partial charge in [-0.05, 0) is 42.3 Å². The van der Waals surface area contributed by atoms with Crippen LogP contribution in [0.15, 0.2) is 48.5 Å². The number of para-hydroxylation sites is 1. The van der Waals surface area contributed by atoms with Crippen LogP contribution in [0.5, 0.6) is 0 Å². The fourth-order valence-electron chi connectivity index (χ4n) is 2.66. The molecule has 3 nitrogen and oxygen atoms in total. The number of rotatable bonds is 2. The van der Waals surface area contributed by atoms with Crippen molar-refractivity contribution in [3.8, 4) is 0 Å². The average molecular weight is 266 g/mol. The van der Waals surface area contributed by atoms with E-state index in [1.165, 1.54) is 11.3 Å². The number of nitrogens with zero attached hydrogens (tertiary/aromatic N) is 2. The lowest BCUT2D eigenvalue weighted by atomic mass is 10.1. The van der Waals surface area contributed by atoms with Crippen molar-refractivity contribution < 1.29 is 4.79 Å². The van der Waals surface area contributed by atoms with E-state index in [9.17, 15) is 4.79 Å². The van der Waals surface area contributed by atoms with Crippen LogP contribution in [-0.4, -0.2) is 26.5 Å².